The number of halogens is 4. The highest BCUT2D eigenvalue weighted by atomic mass is 35.5. The van der Waals surface area contributed by atoms with Gasteiger partial charge in [-0.15, -0.1) is 0 Å². The summed E-state index contributed by atoms with van der Waals surface area (Å²) < 4.78 is 53.2. The van der Waals surface area contributed by atoms with Crippen LogP contribution in [-0.4, -0.2) is 23.7 Å². The number of carbonyl (C=O) groups is 1. The molecule has 0 aliphatic carbocycles. The molecule has 142 valence electrons. The van der Waals surface area contributed by atoms with Crippen molar-refractivity contribution < 1.29 is 27.4 Å². The van der Waals surface area contributed by atoms with E-state index in [0.29, 0.717) is 21.7 Å². The Morgan fingerprint density at radius 2 is 1.93 bits per heavy atom. The van der Waals surface area contributed by atoms with Crippen molar-refractivity contribution in [2.75, 3.05) is 6.61 Å². The number of rotatable bonds is 4. The summed E-state index contributed by atoms with van der Waals surface area (Å²) in [5.41, 5.74) is -0.362. The highest BCUT2D eigenvalue weighted by molar-refractivity contribution is 8.00. The number of hydrogen-bond donors (Lipinski definition) is 0. The molecule has 0 N–H and O–H groups in total. The number of benzene rings is 2. The van der Waals surface area contributed by atoms with E-state index >= 15 is 0 Å². The number of alkyl halides is 3. The maximum atomic E-state index is 14.3. The third kappa shape index (κ3) is 3.80. The monoisotopic (exact) mass is 414 g/mol. The molecule has 1 unspecified atom stereocenters. The second-order valence-electron chi connectivity index (χ2n) is 5.59. The molecule has 3 rings (SSSR count). The van der Waals surface area contributed by atoms with Crippen LogP contribution in [-0.2, 0) is 9.53 Å². The number of esters is 1. The van der Waals surface area contributed by atoms with Crippen molar-refractivity contribution >= 4 is 35.4 Å². The fraction of sp³-hybridized carbons (Fsp3) is 0.211. The minimum absolute atomic E-state index is 0.0202. The Balaban J connectivity index is 2.20. The molecule has 0 aromatic heterocycles. The summed E-state index contributed by atoms with van der Waals surface area (Å²) in [5.74, 6) is -1.11. The Morgan fingerprint density at radius 1 is 1.22 bits per heavy atom. The van der Waals surface area contributed by atoms with Crippen LogP contribution < -0.4 is 4.74 Å². The molecule has 27 heavy (non-hydrogen) atoms. The van der Waals surface area contributed by atoms with Crippen LogP contribution in [0.25, 0.3) is 6.08 Å². The molecule has 0 saturated carbocycles. The first kappa shape index (κ1) is 19.6. The molecule has 2 aromatic carbocycles. The molecule has 0 spiro atoms. The van der Waals surface area contributed by atoms with Crippen molar-refractivity contribution in [1.82, 2.24) is 0 Å². The number of hydrogen-bond acceptors (Lipinski definition) is 4. The summed E-state index contributed by atoms with van der Waals surface area (Å²) in [6.45, 7) is 1.45. The van der Waals surface area contributed by atoms with Crippen molar-refractivity contribution in [1.29, 1.82) is 0 Å². The SMILES string of the molecule is CCOC(=O)C1=Cc2cc(Cl)ccc2OC1(Sc1ccccc1)C(F)(F)F. The molecule has 0 amide bonds. The van der Waals surface area contributed by atoms with Gasteiger partial charge in [0.05, 0.1) is 6.61 Å². The second-order valence-corrected chi connectivity index (χ2v) is 7.28. The average Bonchev–Trinajstić information content (AvgIpc) is 2.61. The molecule has 1 aliphatic heterocycles. The molecule has 1 aliphatic rings. The van der Waals surface area contributed by atoms with Crippen molar-refractivity contribution in [3.8, 4) is 5.75 Å². The standard InChI is InChI=1S/C19H14ClF3O3S/c1-2-25-17(24)15-11-12-10-13(20)8-9-16(12)26-18(15,19(21,22)23)27-14-6-4-3-5-7-14/h3-11H,2H2,1H3. The lowest BCUT2D eigenvalue weighted by Crippen LogP contribution is -2.52. The molecule has 0 saturated heterocycles. The minimum atomic E-state index is -4.90. The summed E-state index contributed by atoms with van der Waals surface area (Å²) >= 11 is 6.33. The van der Waals surface area contributed by atoms with E-state index < -0.39 is 22.7 Å². The molecule has 3 nitrogen and oxygen atoms in total. The van der Waals surface area contributed by atoms with E-state index in [1.165, 1.54) is 37.3 Å². The molecule has 2 aromatic rings. The predicted molar refractivity (Wildman–Crippen MR) is 97.8 cm³/mol. The quantitative estimate of drug-likeness (QED) is 0.598. The van der Waals surface area contributed by atoms with Gasteiger partial charge in [-0.3, -0.25) is 0 Å². The minimum Gasteiger partial charge on any atom is -0.462 e. The van der Waals surface area contributed by atoms with Gasteiger partial charge in [0.15, 0.2) is 0 Å². The molecule has 0 bridgehead atoms. The van der Waals surface area contributed by atoms with Crippen molar-refractivity contribution in [2.24, 2.45) is 0 Å². The maximum absolute atomic E-state index is 14.3. The first-order chi connectivity index (χ1) is 12.8. The molecule has 8 heteroatoms. The van der Waals surface area contributed by atoms with Crippen molar-refractivity contribution in [3.63, 3.8) is 0 Å². The molecule has 1 atom stereocenters. The first-order valence-corrected chi connectivity index (χ1v) is 9.15. The van der Waals surface area contributed by atoms with Crippen LogP contribution in [0.15, 0.2) is 59.0 Å². The van der Waals surface area contributed by atoms with Crippen molar-refractivity contribution in [2.45, 2.75) is 22.9 Å². The van der Waals surface area contributed by atoms with Gasteiger partial charge in [0.25, 0.3) is 4.93 Å². The van der Waals surface area contributed by atoms with Crippen LogP contribution in [0.2, 0.25) is 5.02 Å². The fourth-order valence-corrected chi connectivity index (χ4v) is 3.89. The fourth-order valence-electron chi connectivity index (χ4n) is 2.59. The number of carbonyl (C=O) groups excluding carboxylic acids is 1. The molecule has 0 radical (unpaired) electrons. The van der Waals surface area contributed by atoms with E-state index in [1.807, 2.05) is 0 Å². The predicted octanol–water partition coefficient (Wildman–Crippen LogP) is 5.73. The normalized spacial score (nSPS) is 18.9. The van der Waals surface area contributed by atoms with E-state index in [0.717, 1.165) is 6.08 Å². The van der Waals surface area contributed by atoms with E-state index in [2.05, 4.69) is 0 Å². The van der Waals surface area contributed by atoms with Gasteiger partial charge in [-0.05, 0) is 43.3 Å². The van der Waals surface area contributed by atoms with E-state index in [4.69, 9.17) is 21.1 Å². The summed E-state index contributed by atoms with van der Waals surface area (Å²) in [7, 11) is 0. The lowest BCUT2D eigenvalue weighted by molar-refractivity contribution is -0.201. The Hall–Kier alpha value is -2.12. The smallest absolute Gasteiger partial charge is 0.443 e. The third-order valence-corrected chi connectivity index (χ3v) is 5.32. The second kappa shape index (κ2) is 7.48. The van der Waals surface area contributed by atoms with E-state index in [-0.39, 0.29) is 17.9 Å². The summed E-state index contributed by atoms with van der Waals surface area (Å²) in [5, 5.41) is 0.312. The van der Waals surface area contributed by atoms with Gasteiger partial charge in [-0.2, -0.15) is 13.2 Å². The number of thioether (sulfide) groups is 1. The average molecular weight is 415 g/mol. The lowest BCUT2D eigenvalue weighted by atomic mass is 10.0. The highest BCUT2D eigenvalue weighted by Gasteiger charge is 2.64. The summed E-state index contributed by atoms with van der Waals surface area (Å²) in [4.78, 5) is 9.78. The van der Waals surface area contributed by atoms with Gasteiger partial charge in [0, 0.05) is 15.5 Å². The zero-order chi connectivity index (χ0) is 19.7. The van der Waals surface area contributed by atoms with Crippen LogP contribution in [0.1, 0.15) is 12.5 Å². The van der Waals surface area contributed by atoms with E-state index in [1.54, 1.807) is 18.2 Å². The van der Waals surface area contributed by atoms with Gasteiger partial charge in [-0.1, -0.05) is 41.6 Å². The van der Waals surface area contributed by atoms with Crippen molar-refractivity contribution in [3.05, 3.63) is 64.7 Å². The molecule has 0 fully saturated rings. The summed E-state index contributed by atoms with van der Waals surface area (Å²) in [6.07, 6.45) is -3.77. The van der Waals surface area contributed by atoms with Gasteiger partial charge >= 0.3 is 12.1 Å². The Labute approximate surface area is 163 Å². The van der Waals surface area contributed by atoms with Gasteiger partial charge in [0.1, 0.15) is 11.3 Å². The van der Waals surface area contributed by atoms with Crippen LogP contribution in [0, 0.1) is 0 Å². The topological polar surface area (TPSA) is 35.5 Å². The first-order valence-electron chi connectivity index (χ1n) is 7.95. The van der Waals surface area contributed by atoms with Gasteiger partial charge < -0.3 is 9.47 Å². The molecular formula is C19H14ClF3O3S. The van der Waals surface area contributed by atoms with E-state index in [9.17, 15) is 18.0 Å². The zero-order valence-corrected chi connectivity index (χ0v) is 15.6. The van der Waals surface area contributed by atoms with Crippen LogP contribution in [0.3, 0.4) is 0 Å². The highest BCUT2D eigenvalue weighted by Crippen LogP contribution is 2.54. The van der Waals surface area contributed by atoms with Crippen LogP contribution in [0.5, 0.6) is 5.75 Å². The largest absolute Gasteiger partial charge is 0.462 e. The Kier molecular flexibility index (Phi) is 5.44. The molecular weight excluding hydrogens is 401 g/mol. The Morgan fingerprint density at radius 3 is 2.56 bits per heavy atom. The Bertz CT molecular complexity index is 884. The third-order valence-electron chi connectivity index (χ3n) is 3.75. The zero-order valence-electron chi connectivity index (χ0n) is 14.0. The van der Waals surface area contributed by atoms with Gasteiger partial charge in [0.2, 0.25) is 0 Å². The number of fused-ring (bicyclic) bond motifs is 1. The molecule has 1 heterocycles. The van der Waals surface area contributed by atoms with Crippen LogP contribution >= 0.6 is 23.4 Å². The lowest BCUT2D eigenvalue weighted by Gasteiger charge is -2.39. The summed E-state index contributed by atoms with van der Waals surface area (Å²) in [6, 6.07) is 12.1. The maximum Gasteiger partial charge on any atom is 0.443 e. The number of ether oxygens (including phenoxy) is 2. The van der Waals surface area contributed by atoms with Gasteiger partial charge in [-0.25, -0.2) is 4.79 Å². The van der Waals surface area contributed by atoms with Crippen LogP contribution in [0.4, 0.5) is 13.2 Å².